The van der Waals surface area contributed by atoms with Gasteiger partial charge in [0.25, 0.3) is 6.71 Å². The highest BCUT2D eigenvalue weighted by Gasteiger charge is 2.09. The maximum Gasteiger partial charge on any atom is 0.250 e. The minimum atomic E-state index is 0.316. The number of hydrogen-bond acceptors (Lipinski definition) is 1. The minimum absolute atomic E-state index is 0.316. The van der Waals surface area contributed by atoms with Gasteiger partial charge >= 0.3 is 0 Å². The summed E-state index contributed by atoms with van der Waals surface area (Å²) >= 11 is 0. The first-order valence-corrected chi connectivity index (χ1v) is 4.39. The zero-order chi connectivity index (χ0) is 8.93. The first-order valence-electron chi connectivity index (χ1n) is 4.39. The summed E-state index contributed by atoms with van der Waals surface area (Å²) in [7, 11) is 0. The summed E-state index contributed by atoms with van der Waals surface area (Å²) in [5.74, 6) is 4.28. The van der Waals surface area contributed by atoms with Gasteiger partial charge in [0, 0.05) is 11.8 Å². The Labute approximate surface area is 78.6 Å². The molecule has 1 aliphatic rings. The Balaban J connectivity index is 2.27. The average Bonchev–Trinajstić information content (AvgIpc) is 2.47. The molecule has 0 radical (unpaired) electrons. The first kappa shape index (κ1) is 8.05. The molecule has 13 heavy (non-hydrogen) atoms. The second kappa shape index (κ2) is 3.90. The Morgan fingerprint density at radius 3 is 2.31 bits per heavy atom. The quantitative estimate of drug-likeness (QED) is 0.578. The zero-order valence-electron chi connectivity index (χ0n) is 7.30. The van der Waals surface area contributed by atoms with Crippen molar-refractivity contribution in [3.8, 4) is 0 Å². The van der Waals surface area contributed by atoms with Crippen LogP contribution < -0.4 is 5.59 Å². The van der Waals surface area contributed by atoms with Gasteiger partial charge in [0.15, 0.2) is 0 Å². The van der Waals surface area contributed by atoms with Crippen LogP contribution in [0.1, 0.15) is 0 Å². The maximum atomic E-state index is 4.31. The van der Waals surface area contributed by atoms with Crippen molar-refractivity contribution in [2.24, 2.45) is 0 Å². The number of nitrogens with zero attached hydrogens (tertiary/aromatic N) is 1. The van der Waals surface area contributed by atoms with E-state index in [0.717, 1.165) is 5.59 Å². The molecule has 0 unspecified atom stereocenters. The highest BCUT2D eigenvalue weighted by molar-refractivity contribution is 6.81. The number of aromatic nitrogens is 1. The Morgan fingerprint density at radius 1 is 0.923 bits per heavy atom. The summed E-state index contributed by atoms with van der Waals surface area (Å²) in [5, 5.41) is 0. The van der Waals surface area contributed by atoms with Gasteiger partial charge in [0.2, 0.25) is 0 Å². The van der Waals surface area contributed by atoms with Gasteiger partial charge in [0.1, 0.15) is 0 Å². The monoisotopic (exact) mass is 167 g/mol. The van der Waals surface area contributed by atoms with Crippen LogP contribution in [0.2, 0.25) is 0 Å². The van der Waals surface area contributed by atoms with Crippen LogP contribution in [0.4, 0.5) is 0 Å². The SMILES string of the molecule is C1=CC=CB(c2ccccn2)C=C1. The average molecular weight is 167 g/mol. The van der Waals surface area contributed by atoms with Crippen LogP contribution in [0.5, 0.6) is 0 Å². The molecule has 0 bridgehead atoms. The minimum Gasteiger partial charge on any atom is -0.270 e. The molecule has 0 spiro atoms. The van der Waals surface area contributed by atoms with Crippen LogP contribution >= 0.6 is 0 Å². The Hall–Kier alpha value is -1.57. The van der Waals surface area contributed by atoms with Gasteiger partial charge in [-0.05, 0) is 12.1 Å². The molecule has 1 aliphatic heterocycles. The topological polar surface area (TPSA) is 12.9 Å². The van der Waals surface area contributed by atoms with E-state index < -0.39 is 0 Å². The van der Waals surface area contributed by atoms with E-state index in [1.807, 2.05) is 36.5 Å². The molecule has 2 heterocycles. The summed E-state index contributed by atoms with van der Waals surface area (Å²) < 4.78 is 0. The van der Waals surface area contributed by atoms with Crippen molar-refractivity contribution in [3.05, 3.63) is 60.7 Å². The predicted molar refractivity (Wildman–Crippen MR) is 57.0 cm³/mol. The number of hydrogen-bond donors (Lipinski definition) is 0. The van der Waals surface area contributed by atoms with E-state index in [1.165, 1.54) is 0 Å². The lowest BCUT2D eigenvalue weighted by Gasteiger charge is -2.00. The van der Waals surface area contributed by atoms with Crippen LogP contribution in [-0.2, 0) is 0 Å². The van der Waals surface area contributed by atoms with Gasteiger partial charge in [-0.25, -0.2) is 0 Å². The van der Waals surface area contributed by atoms with Crippen molar-refractivity contribution in [1.82, 2.24) is 4.98 Å². The molecule has 0 N–H and O–H groups in total. The molecule has 0 saturated heterocycles. The zero-order valence-corrected chi connectivity index (χ0v) is 7.30. The second-order valence-electron chi connectivity index (χ2n) is 2.94. The van der Waals surface area contributed by atoms with E-state index >= 15 is 0 Å². The number of allylic oxidation sites excluding steroid dienone is 4. The fourth-order valence-electron chi connectivity index (χ4n) is 1.33. The molecule has 1 aromatic rings. The van der Waals surface area contributed by atoms with Crippen LogP contribution in [0.3, 0.4) is 0 Å². The largest absolute Gasteiger partial charge is 0.270 e. The van der Waals surface area contributed by atoms with Gasteiger partial charge in [-0.2, -0.15) is 0 Å². The van der Waals surface area contributed by atoms with E-state index in [0.29, 0.717) is 6.71 Å². The van der Waals surface area contributed by atoms with Crippen LogP contribution in [0.15, 0.2) is 60.7 Å². The van der Waals surface area contributed by atoms with E-state index in [1.54, 1.807) is 0 Å². The number of pyridine rings is 1. The standard InChI is InChI=1S/C11H10BN/c1-2-5-9-12(8-4-1)11-7-3-6-10-13-11/h1-10H. The third-order valence-electron chi connectivity index (χ3n) is 2.00. The lowest BCUT2D eigenvalue weighted by Crippen LogP contribution is -2.28. The summed E-state index contributed by atoms with van der Waals surface area (Å²) in [6, 6.07) is 6.00. The van der Waals surface area contributed by atoms with Crippen molar-refractivity contribution < 1.29 is 0 Å². The third-order valence-corrected chi connectivity index (χ3v) is 2.00. The second-order valence-corrected chi connectivity index (χ2v) is 2.94. The molecule has 2 heteroatoms. The molecule has 0 aromatic carbocycles. The smallest absolute Gasteiger partial charge is 0.250 e. The van der Waals surface area contributed by atoms with Crippen molar-refractivity contribution in [2.45, 2.75) is 0 Å². The molecular formula is C11H10BN. The van der Waals surface area contributed by atoms with E-state index in [2.05, 4.69) is 29.1 Å². The Bertz CT molecular complexity index is 336. The lowest BCUT2D eigenvalue weighted by molar-refractivity contribution is 1.38. The van der Waals surface area contributed by atoms with Crippen molar-refractivity contribution in [3.63, 3.8) is 0 Å². The molecule has 0 amide bonds. The molecule has 2 rings (SSSR count). The first-order chi connectivity index (χ1) is 6.47. The summed E-state index contributed by atoms with van der Waals surface area (Å²) in [6.07, 6.45) is 9.99. The molecule has 1 aromatic heterocycles. The maximum absolute atomic E-state index is 4.31. The van der Waals surface area contributed by atoms with Crippen molar-refractivity contribution in [1.29, 1.82) is 0 Å². The van der Waals surface area contributed by atoms with Gasteiger partial charge < -0.3 is 0 Å². The van der Waals surface area contributed by atoms with Gasteiger partial charge in [-0.1, -0.05) is 30.4 Å². The molecule has 0 aliphatic carbocycles. The van der Waals surface area contributed by atoms with Crippen molar-refractivity contribution >= 4 is 12.3 Å². The summed E-state index contributed by atoms with van der Waals surface area (Å²) in [5.41, 5.74) is 1.10. The van der Waals surface area contributed by atoms with Crippen molar-refractivity contribution in [2.75, 3.05) is 0 Å². The Morgan fingerprint density at radius 2 is 1.69 bits per heavy atom. The van der Waals surface area contributed by atoms with Gasteiger partial charge in [-0.3, -0.25) is 4.98 Å². The van der Waals surface area contributed by atoms with E-state index in [-0.39, 0.29) is 0 Å². The van der Waals surface area contributed by atoms with Gasteiger partial charge in [0.05, 0.1) is 0 Å². The molecular weight excluding hydrogens is 157 g/mol. The van der Waals surface area contributed by atoms with Crippen LogP contribution in [-0.4, -0.2) is 11.7 Å². The highest BCUT2D eigenvalue weighted by Crippen LogP contribution is 1.95. The molecule has 0 saturated carbocycles. The van der Waals surface area contributed by atoms with E-state index in [4.69, 9.17) is 0 Å². The lowest BCUT2D eigenvalue weighted by atomic mass is 9.47. The summed E-state index contributed by atoms with van der Waals surface area (Å²) in [4.78, 5) is 4.31. The molecule has 0 atom stereocenters. The van der Waals surface area contributed by atoms with Crippen LogP contribution in [0.25, 0.3) is 0 Å². The van der Waals surface area contributed by atoms with E-state index in [9.17, 15) is 0 Å². The highest BCUT2D eigenvalue weighted by atomic mass is 14.6. The predicted octanol–water partition coefficient (Wildman–Crippen LogP) is 1.54. The number of rotatable bonds is 1. The van der Waals surface area contributed by atoms with Gasteiger partial charge in [-0.15, -0.1) is 12.0 Å². The summed E-state index contributed by atoms with van der Waals surface area (Å²) in [6.45, 7) is 0.316. The normalized spacial score (nSPS) is 14.6. The van der Waals surface area contributed by atoms with Crippen LogP contribution in [0, 0.1) is 0 Å². The third kappa shape index (κ3) is 1.97. The molecule has 62 valence electrons. The molecule has 0 fully saturated rings. The molecule has 1 nitrogen and oxygen atoms in total. The fourth-order valence-corrected chi connectivity index (χ4v) is 1.33. The fraction of sp³-hybridized carbons (Fsp3) is 0. The Kier molecular flexibility index (Phi) is 2.42.